The van der Waals surface area contributed by atoms with E-state index in [0.717, 1.165) is 27.4 Å². The molecule has 134 valence electrons. The van der Waals surface area contributed by atoms with Gasteiger partial charge in [0.15, 0.2) is 0 Å². The lowest BCUT2D eigenvalue weighted by Crippen LogP contribution is -2.32. The quantitative estimate of drug-likeness (QED) is 0.762. The summed E-state index contributed by atoms with van der Waals surface area (Å²) in [6.45, 7) is 0. The van der Waals surface area contributed by atoms with Gasteiger partial charge >= 0.3 is 0 Å². The molecule has 0 aromatic heterocycles. The highest BCUT2D eigenvalue weighted by molar-refractivity contribution is 6.01. The summed E-state index contributed by atoms with van der Waals surface area (Å²) in [6, 6.07) is 25.0. The Morgan fingerprint density at radius 1 is 0.821 bits per heavy atom. The van der Waals surface area contributed by atoms with Crippen molar-refractivity contribution in [3.8, 4) is 11.1 Å². The van der Waals surface area contributed by atoms with Crippen molar-refractivity contribution in [1.29, 1.82) is 0 Å². The van der Waals surface area contributed by atoms with Crippen LogP contribution in [0.15, 0.2) is 96.7 Å². The first-order chi connectivity index (χ1) is 13.7. The van der Waals surface area contributed by atoms with Crippen molar-refractivity contribution in [2.24, 2.45) is 5.73 Å². The van der Waals surface area contributed by atoms with Gasteiger partial charge in [-0.2, -0.15) is 0 Å². The van der Waals surface area contributed by atoms with Crippen LogP contribution in [-0.2, 0) is 4.79 Å². The number of nitrogens with zero attached hydrogens (tertiary/aromatic N) is 1. The normalized spacial score (nSPS) is 14.2. The minimum absolute atomic E-state index is 0.424. The Kier molecular flexibility index (Phi) is 3.73. The van der Waals surface area contributed by atoms with Crippen LogP contribution in [0.3, 0.4) is 0 Å². The van der Waals surface area contributed by atoms with E-state index < -0.39 is 5.91 Å². The third kappa shape index (κ3) is 2.57. The zero-order chi connectivity index (χ0) is 19.1. The zero-order valence-corrected chi connectivity index (χ0v) is 15.2. The van der Waals surface area contributed by atoms with Crippen LogP contribution in [0.4, 0.5) is 5.69 Å². The molecule has 0 fully saturated rings. The number of carbonyl (C=O) groups is 1. The number of hydrogen-bond acceptors (Lipinski definition) is 2. The number of carbonyl (C=O) groups excluding carboxylic acids is 1. The first-order valence-electron chi connectivity index (χ1n) is 9.21. The Hall–Kier alpha value is -3.85. The molecule has 3 aromatic rings. The Morgan fingerprint density at radius 2 is 1.61 bits per heavy atom. The molecule has 3 heteroatoms. The maximum Gasteiger partial charge on any atom is 0.248 e. The smallest absolute Gasteiger partial charge is 0.248 e. The van der Waals surface area contributed by atoms with E-state index in [9.17, 15) is 4.79 Å². The molecular formula is C25H18N2O. The molecule has 2 N–H and O–H groups in total. The van der Waals surface area contributed by atoms with Crippen molar-refractivity contribution in [2.75, 3.05) is 4.90 Å². The minimum Gasteiger partial charge on any atom is -0.366 e. The van der Waals surface area contributed by atoms with Crippen LogP contribution in [0.2, 0.25) is 0 Å². The molecule has 28 heavy (non-hydrogen) atoms. The largest absolute Gasteiger partial charge is 0.366 e. The maximum absolute atomic E-state index is 11.8. The van der Waals surface area contributed by atoms with Gasteiger partial charge in [-0.25, -0.2) is 0 Å². The van der Waals surface area contributed by atoms with Gasteiger partial charge in [0.2, 0.25) is 5.91 Å². The predicted molar refractivity (Wildman–Crippen MR) is 113 cm³/mol. The van der Waals surface area contributed by atoms with Gasteiger partial charge in [-0.3, -0.25) is 4.79 Å². The van der Waals surface area contributed by atoms with E-state index in [-0.39, 0.29) is 0 Å². The second-order valence-electron chi connectivity index (χ2n) is 6.87. The first-order valence-corrected chi connectivity index (χ1v) is 9.21. The Bertz CT molecular complexity index is 1280. The summed E-state index contributed by atoms with van der Waals surface area (Å²) in [5, 5.41) is 2.18. The molecule has 0 radical (unpaired) electrons. The fourth-order valence-electron chi connectivity index (χ4n) is 3.87. The molecule has 2 aliphatic heterocycles. The van der Waals surface area contributed by atoms with Crippen molar-refractivity contribution in [3.05, 3.63) is 113 Å². The Labute approximate surface area is 163 Å². The van der Waals surface area contributed by atoms with Crippen LogP contribution < -0.4 is 21.1 Å². The topological polar surface area (TPSA) is 46.3 Å². The molecule has 0 saturated carbocycles. The fourth-order valence-corrected chi connectivity index (χ4v) is 3.87. The predicted octanol–water partition coefficient (Wildman–Crippen LogP) is 3.05. The summed E-state index contributed by atoms with van der Waals surface area (Å²) >= 11 is 0. The number of rotatable bonds is 2. The molecule has 1 amide bonds. The van der Waals surface area contributed by atoms with Crippen LogP contribution in [0.5, 0.6) is 0 Å². The van der Waals surface area contributed by atoms with E-state index in [2.05, 4.69) is 65.6 Å². The lowest BCUT2D eigenvalue weighted by atomic mass is 9.97. The molecule has 2 aliphatic rings. The van der Waals surface area contributed by atoms with Gasteiger partial charge in [0.1, 0.15) is 0 Å². The molecule has 0 spiro atoms. The molecule has 5 rings (SSSR count). The van der Waals surface area contributed by atoms with Crippen LogP contribution >= 0.6 is 0 Å². The number of hydrogen-bond donors (Lipinski definition) is 1. The molecule has 2 heterocycles. The number of anilines is 1. The lowest BCUT2D eigenvalue weighted by molar-refractivity contribution is -0.114. The highest BCUT2D eigenvalue weighted by Crippen LogP contribution is 2.36. The third-order valence-electron chi connectivity index (χ3n) is 5.20. The summed E-state index contributed by atoms with van der Waals surface area (Å²) < 4.78 is 0. The summed E-state index contributed by atoms with van der Waals surface area (Å²) in [7, 11) is 0. The van der Waals surface area contributed by atoms with E-state index in [4.69, 9.17) is 5.73 Å². The SMILES string of the molecule is NC(=O)C1=CC2=c3ccccc3=Cc3c(-c4ccccc4)cccc3N2C=C1. The molecule has 0 saturated heterocycles. The monoisotopic (exact) mass is 362 g/mol. The zero-order valence-electron chi connectivity index (χ0n) is 15.2. The summed E-state index contributed by atoms with van der Waals surface area (Å²) in [5.74, 6) is -0.424. The molecule has 0 bridgehead atoms. The van der Waals surface area contributed by atoms with E-state index in [0.29, 0.717) is 5.57 Å². The van der Waals surface area contributed by atoms with Crippen LogP contribution in [0, 0.1) is 0 Å². The third-order valence-corrected chi connectivity index (χ3v) is 5.20. The second kappa shape index (κ2) is 6.39. The maximum atomic E-state index is 11.8. The molecule has 0 unspecified atom stereocenters. The fraction of sp³-hybridized carbons (Fsp3) is 0. The number of primary amides is 1. The van der Waals surface area contributed by atoms with Crippen LogP contribution in [0.1, 0.15) is 5.56 Å². The van der Waals surface area contributed by atoms with Gasteiger partial charge in [0.05, 0.1) is 11.4 Å². The van der Waals surface area contributed by atoms with Crippen molar-refractivity contribution < 1.29 is 4.79 Å². The average Bonchev–Trinajstić information content (AvgIpc) is 2.88. The van der Waals surface area contributed by atoms with Crippen molar-refractivity contribution in [1.82, 2.24) is 0 Å². The van der Waals surface area contributed by atoms with Crippen molar-refractivity contribution in [3.63, 3.8) is 0 Å². The molecule has 0 aliphatic carbocycles. The van der Waals surface area contributed by atoms with Gasteiger partial charge in [0, 0.05) is 22.6 Å². The Morgan fingerprint density at radius 3 is 2.43 bits per heavy atom. The highest BCUT2D eigenvalue weighted by atomic mass is 16.1. The highest BCUT2D eigenvalue weighted by Gasteiger charge is 2.21. The lowest BCUT2D eigenvalue weighted by Gasteiger charge is -2.27. The number of nitrogens with two attached hydrogens (primary N) is 1. The van der Waals surface area contributed by atoms with E-state index >= 15 is 0 Å². The van der Waals surface area contributed by atoms with E-state index in [1.807, 2.05) is 30.5 Å². The summed E-state index contributed by atoms with van der Waals surface area (Å²) in [6.07, 6.45) is 7.81. The van der Waals surface area contributed by atoms with Crippen LogP contribution in [-0.4, -0.2) is 5.91 Å². The summed E-state index contributed by atoms with van der Waals surface area (Å²) in [4.78, 5) is 13.9. The first kappa shape index (κ1) is 16.3. The van der Waals surface area contributed by atoms with Crippen LogP contribution in [0.25, 0.3) is 22.9 Å². The second-order valence-corrected chi connectivity index (χ2v) is 6.87. The standard InChI is InChI=1S/C25H18N2O/c26-25(28)19-13-14-27-23-12-6-11-20(17-7-2-1-3-8-17)22(23)15-18-9-4-5-10-21(18)24(27)16-19/h1-16H,(H2,26,28). The average molecular weight is 362 g/mol. The Balaban J connectivity index is 1.86. The van der Waals surface area contributed by atoms with Gasteiger partial charge in [-0.1, -0.05) is 66.7 Å². The van der Waals surface area contributed by atoms with E-state index in [1.54, 1.807) is 6.08 Å². The van der Waals surface area contributed by atoms with Crippen molar-refractivity contribution in [2.45, 2.75) is 0 Å². The molecule has 3 nitrogen and oxygen atoms in total. The molecule has 3 aromatic carbocycles. The van der Waals surface area contributed by atoms with E-state index in [1.165, 1.54) is 11.1 Å². The molecule has 0 atom stereocenters. The number of benzene rings is 3. The summed E-state index contributed by atoms with van der Waals surface area (Å²) in [5.41, 5.74) is 11.6. The van der Waals surface area contributed by atoms with Gasteiger partial charge in [-0.15, -0.1) is 0 Å². The number of amides is 1. The molecular weight excluding hydrogens is 344 g/mol. The van der Waals surface area contributed by atoms with Crippen molar-refractivity contribution >= 4 is 23.4 Å². The van der Waals surface area contributed by atoms with Gasteiger partial charge in [0.25, 0.3) is 0 Å². The minimum atomic E-state index is -0.424. The van der Waals surface area contributed by atoms with Gasteiger partial charge in [-0.05, 0) is 40.6 Å². The number of fused-ring (bicyclic) bond motifs is 4. The van der Waals surface area contributed by atoms with Gasteiger partial charge < -0.3 is 10.6 Å².